The van der Waals surface area contributed by atoms with Crippen LogP contribution in [0.15, 0.2) is 34.9 Å². The van der Waals surface area contributed by atoms with Crippen LogP contribution in [0.3, 0.4) is 0 Å². The summed E-state index contributed by atoms with van der Waals surface area (Å²) in [6.07, 6.45) is 2.23. The number of amides is 1. The van der Waals surface area contributed by atoms with Gasteiger partial charge < -0.3 is 19.8 Å². The monoisotopic (exact) mass is 342 g/mol. The molecule has 0 unspecified atom stereocenters. The number of carbonyl (C=O) groups is 1. The highest BCUT2D eigenvalue weighted by Crippen LogP contribution is 2.29. The molecule has 132 valence electrons. The summed E-state index contributed by atoms with van der Waals surface area (Å²) in [5.41, 5.74) is 1.66. The fraction of sp³-hybridized carbons (Fsp3) is 0.444. The Morgan fingerprint density at radius 1 is 1.40 bits per heavy atom. The topological polar surface area (TPSA) is 79.6 Å². The molecule has 2 saturated heterocycles. The number of nitrogens with one attached hydrogen (secondary N) is 2. The highest BCUT2D eigenvalue weighted by Gasteiger charge is 2.45. The van der Waals surface area contributed by atoms with Gasteiger partial charge in [-0.1, -0.05) is 6.07 Å². The Bertz CT molecular complexity index is 769. The number of carbonyl (C=O) groups excluding carboxylic acids is 1. The molecule has 2 fully saturated rings. The van der Waals surface area contributed by atoms with Crippen LogP contribution in [-0.4, -0.2) is 54.6 Å². The van der Waals surface area contributed by atoms with E-state index in [1.54, 1.807) is 13.4 Å². The SMILES string of the molecule is COc1cccc(-c2nc(CN3CCNC(=O)CC34CNC4)co2)c1. The lowest BCUT2D eigenvalue weighted by Crippen LogP contribution is -2.69. The fourth-order valence-corrected chi connectivity index (χ4v) is 3.51. The molecule has 1 aromatic heterocycles. The zero-order valence-corrected chi connectivity index (χ0v) is 14.2. The van der Waals surface area contributed by atoms with Crippen LogP contribution in [0, 0.1) is 0 Å². The molecule has 3 heterocycles. The van der Waals surface area contributed by atoms with Gasteiger partial charge in [0, 0.05) is 44.7 Å². The van der Waals surface area contributed by atoms with Crippen LogP contribution in [0.1, 0.15) is 12.1 Å². The Labute approximate surface area is 146 Å². The summed E-state index contributed by atoms with van der Waals surface area (Å²) in [5.74, 6) is 1.48. The zero-order chi connectivity index (χ0) is 17.3. The van der Waals surface area contributed by atoms with Crippen molar-refractivity contribution in [1.82, 2.24) is 20.5 Å². The van der Waals surface area contributed by atoms with Crippen molar-refractivity contribution in [2.75, 3.05) is 33.3 Å². The highest BCUT2D eigenvalue weighted by atomic mass is 16.5. The summed E-state index contributed by atoms with van der Waals surface area (Å²) in [7, 11) is 1.64. The van der Waals surface area contributed by atoms with Gasteiger partial charge in [0.2, 0.25) is 11.8 Å². The van der Waals surface area contributed by atoms with Gasteiger partial charge in [-0.2, -0.15) is 0 Å². The van der Waals surface area contributed by atoms with Crippen LogP contribution in [0.5, 0.6) is 5.75 Å². The normalized spacial score (nSPS) is 20.0. The van der Waals surface area contributed by atoms with Crippen molar-refractivity contribution in [1.29, 1.82) is 0 Å². The zero-order valence-electron chi connectivity index (χ0n) is 14.2. The Morgan fingerprint density at radius 3 is 3.04 bits per heavy atom. The van der Waals surface area contributed by atoms with Crippen molar-refractivity contribution in [2.45, 2.75) is 18.5 Å². The number of ether oxygens (including phenoxy) is 1. The fourth-order valence-electron chi connectivity index (χ4n) is 3.51. The number of oxazole rings is 1. The molecule has 0 radical (unpaired) electrons. The molecule has 4 rings (SSSR count). The van der Waals surface area contributed by atoms with E-state index in [4.69, 9.17) is 9.15 Å². The quantitative estimate of drug-likeness (QED) is 0.863. The summed E-state index contributed by atoms with van der Waals surface area (Å²) in [6, 6.07) is 7.66. The van der Waals surface area contributed by atoms with Gasteiger partial charge in [-0.05, 0) is 18.2 Å². The van der Waals surface area contributed by atoms with E-state index in [9.17, 15) is 4.79 Å². The average molecular weight is 342 g/mol. The number of hydrogen-bond donors (Lipinski definition) is 2. The molecule has 0 bridgehead atoms. The lowest BCUT2D eigenvalue weighted by molar-refractivity contribution is -0.123. The summed E-state index contributed by atoms with van der Waals surface area (Å²) in [6.45, 7) is 3.82. The number of hydrogen-bond acceptors (Lipinski definition) is 6. The first-order valence-corrected chi connectivity index (χ1v) is 8.50. The van der Waals surface area contributed by atoms with Crippen molar-refractivity contribution < 1.29 is 13.9 Å². The molecular formula is C18H22N4O3. The lowest BCUT2D eigenvalue weighted by Gasteiger charge is -2.49. The van der Waals surface area contributed by atoms with Gasteiger partial charge in [-0.15, -0.1) is 0 Å². The van der Waals surface area contributed by atoms with E-state index in [0.29, 0.717) is 25.4 Å². The van der Waals surface area contributed by atoms with E-state index in [-0.39, 0.29) is 11.4 Å². The first kappa shape index (κ1) is 16.1. The van der Waals surface area contributed by atoms with Gasteiger partial charge in [-0.3, -0.25) is 9.69 Å². The van der Waals surface area contributed by atoms with Gasteiger partial charge >= 0.3 is 0 Å². The van der Waals surface area contributed by atoms with Crippen LogP contribution >= 0.6 is 0 Å². The molecule has 0 aliphatic carbocycles. The van der Waals surface area contributed by atoms with Crippen LogP contribution in [0.25, 0.3) is 11.5 Å². The average Bonchev–Trinajstić information content (AvgIpc) is 2.99. The predicted octanol–water partition coefficient (Wildman–Crippen LogP) is 1.01. The van der Waals surface area contributed by atoms with Gasteiger partial charge in [0.05, 0.1) is 18.3 Å². The summed E-state index contributed by atoms with van der Waals surface area (Å²) >= 11 is 0. The minimum absolute atomic E-state index is 0.102. The Morgan fingerprint density at radius 2 is 2.28 bits per heavy atom. The maximum absolute atomic E-state index is 11.9. The third kappa shape index (κ3) is 3.12. The minimum Gasteiger partial charge on any atom is -0.497 e. The Hall–Kier alpha value is -2.38. The lowest BCUT2D eigenvalue weighted by atomic mass is 9.86. The largest absolute Gasteiger partial charge is 0.497 e. The molecule has 2 aliphatic rings. The Kier molecular flexibility index (Phi) is 4.19. The maximum Gasteiger partial charge on any atom is 0.226 e. The molecule has 7 nitrogen and oxygen atoms in total. The van der Waals surface area contributed by atoms with Gasteiger partial charge in [0.15, 0.2) is 0 Å². The van der Waals surface area contributed by atoms with Crippen LogP contribution in [-0.2, 0) is 11.3 Å². The second-order valence-electron chi connectivity index (χ2n) is 6.65. The molecule has 7 heteroatoms. The first-order valence-electron chi connectivity index (χ1n) is 8.50. The Balaban J connectivity index is 1.53. The van der Waals surface area contributed by atoms with E-state index < -0.39 is 0 Å². The van der Waals surface area contributed by atoms with Crippen molar-refractivity contribution in [2.24, 2.45) is 0 Å². The molecule has 2 aromatic rings. The molecule has 0 atom stereocenters. The minimum atomic E-state index is -0.102. The molecule has 2 N–H and O–H groups in total. The van der Waals surface area contributed by atoms with E-state index >= 15 is 0 Å². The summed E-state index contributed by atoms with van der Waals surface area (Å²) < 4.78 is 10.9. The predicted molar refractivity (Wildman–Crippen MR) is 92.1 cm³/mol. The van der Waals surface area contributed by atoms with Gasteiger partial charge in [-0.25, -0.2) is 4.98 Å². The first-order chi connectivity index (χ1) is 12.2. The second kappa shape index (κ2) is 6.50. The van der Waals surface area contributed by atoms with Crippen molar-refractivity contribution in [3.05, 3.63) is 36.2 Å². The number of aromatic nitrogens is 1. The highest BCUT2D eigenvalue weighted by molar-refractivity contribution is 5.78. The molecule has 1 aromatic carbocycles. The van der Waals surface area contributed by atoms with Crippen molar-refractivity contribution >= 4 is 5.91 Å². The summed E-state index contributed by atoms with van der Waals surface area (Å²) in [4.78, 5) is 18.9. The summed E-state index contributed by atoms with van der Waals surface area (Å²) in [5, 5.41) is 6.26. The van der Waals surface area contributed by atoms with E-state index in [1.165, 1.54) is 0 Å². The third-order valence-electron chi connectivity index (χ3n) is 4.99. The third-order valence-corrected chi connectivity index (χ3v) is 4.99. The van der Waals surface area contributed by atoms with Gasteiger partial charge in [0.25, 0.3) is 0 Å². The molecule has 1 amide bonds. The van der Waals surface area contributed by atoms with Crippen LogP contribution in [0.4, 0.5) is 0 Å². The van der Waals surface area contributed by atoms with E-state index in [1.807, 2.05) is 24.3 Å². The molecule has 25 heavy (non-hydrogen) atoms. The number of methoxy groups -OCH3 is 1. The van der Waals surface area contributed by atoms with E-state index in [0.717, 1.165) is 36.6 Å². The maximum atomic E-state index is 11.9. The van der Waals surface area contributed by atoms with Crippen LogP contribution < -0.4 is 15.4 Å². The number of nitrogens with zero attached hydrogens (tertiary/aromatic N) is 2. The standard InChI is InChI=1S/C18H22N4O3/c1-24-15-4-2-3-13(7-15)17-21-14(10-25-17)9-22-6-5-20-16(23)8-18(22)11-19-12-18/h2-4,7,10,19H,5-6,8-9,11-12H2,1H3,(H,20,23). The molecular weight excluding hydrogens is 320 g/mol. The molecule has 1 spiro atoms. The smallest absolute Gasteiger partial charge is 0.226 e. The second-order valence-corrected chi connectivity index (χ2v) is 6.65. The molecule has 0 saturated carbocycles. The van der Waals surface area contributed by atoms with Gasteiger partial charge in [0.1, 0.15) is 12.0 Å². The number of benzene rings is 1. The van der Waals surface area contributed by atoms with E-state index in [2.05, 4.69) is 20.5 Å². The molecule has 2 aliphatic heterocycles. The van der Waals surface area contributed by atoms with Crippen LogP contribution in [0.2, 0.25) is 0 Å². The number of rotatable bonds is 4. The van der Waals surface area contributed by atoms with Crippen molar-refractivity contribution in [3.63, 3.8) is 0 Å². The van der Waals surface area contributed by atoms with Crippen molar-refractivity contribution in [3.8, 4) is 17.2 Å².